The highest BCUT2D eigenvalue weighted by Gasteiger charge is 2.25. The minimum Gasteiger partial charge on any atom is -0.493 e. The molecule has 146 valence electrons. The Labute approximate surface area is 163 Å². The van der Waals surface area contributed by atoms with Crippen LogP contribution < -0.4 is 19.9 Å². The van der Waals surface area contributed by atoms with Crippen LogP contribution in [0.5, 0.6) is 11.5 Å². The summed E-state index contributed by atoms with van der Waals surface area (Å²) in [5.74, 6) is -0.179. The topological polar surface area (TPSA) is 108 Å². The minimum absolute atomic E-state index is 0.0528. The Balaban J connectivity index is 2.42. The van der Waals surface area contributed by atoms with E-state index in [1.807, 2.05) is 18.2 Å². The molecule has 1 amide bonds. The van der Waals surface area contributed by atoms with Crippen LogP contribution in [0, 0.1) is 0 Å². The Hall–Kier alpha value is -2.29. The number of rotatable bonds is 9. The first kappa shape index (κ1) is 21.0. The molecule has 0 saturated carbocycles. The number of alkyl halides is 1. The number of hydrogen-bond acceptors (Lipinski definition) is 5. The molecule has 2 aromatic carbocycles. The van der Waals surface area contributed by atoms with Crippen molar-refractivity contribution in [1.82, 2.24) is 4.72 Å². The predicted molar refractivity (Wildman–Crippen MR) is 103 cm³/mol. The Morgan fingerprint density at radius 1 is 1.15 bits per heavy atom. The van der Waals surface area contributed by atoms with E-state index >= 15 is 0 Å². The molecule has 0 aliphatic carbocycles. The average molecular weight is 413 g/mol. The van der Waals surface area contributed by atoms with E-state index < -0.39 is 21.3 Å². The van der Waals surface area contributed by atoms with Crippen molar-refractivity contribution < 1.29 is 22.7 Å². The first-order valence-electron chi connectivity index (χ1n) is 8.00. The van der Waals surface area contributed by atoms with E-state index in [0.29, 0.717) is 11.3 Å². The summed E-state index contributed by atoms with van der Waals surface area (Å²) in [6.07, 6.45) is -0.0706. The lowest BCUT2D eigenvalue weighted by Gasteiger charge is -2.17. The molecule has 2 rings (SSSR count). The molecule has 3 N–H and O–H groups in total. The zero-order valence-electron chi connectivity index (χ0n) is 14.9. The lowest BCUT2D eigenvalue weighted by Crippen LogP contribution is -2.28. The van der Waals surface area contributed by atoms with Gasteiger partial charge in [0.25, 0.3) is 0 Å². The summed E-state index contributed by atoms with van der Waals surface area (Å²) in [6, 6.07) is 11.9. The van der Waals surface area contributed by atoms with Crippen molar-refractivity contribution in [3.63, 3.8) is 0 Å². The van der Waals surface area contributed by atoms with E-state index in [-0.39, 0.29) is 23.6 Å². The smallest absolute Gasteiger partial charge is 0.241 e. The number of ether oxygens (including phenoxy) is 2. The van der Waals surface area contributed by atoms with Gasteiger partial charge in [-0.3, -0.25) is 4.79 Å². The van der Waals surface area contributed by atoms with Crippen LogP contribution in [0.3, 0.4) is 0 Å². The second-order valence-electron chi connectivity index (χ2n) is 5.70. The summed E-state index contributed by atoms with van der Waals surface area (Å²) in [5, 5.41) is -1.06. The third-order valence-corrected chi connectivity index (χ3v) is 5.73. The summed E-state index contributed by atoms with van der Waals surface area (Å²) in [5.41, 5.74) is 6.31. The fourth-order valence-electron chi connectivity index (χ4n) is 2.46. The number of nitrogens with two attached hydrogens (primary N) is 1. The maximum absolute atomic E-state index is 12.9. The molecule has 0 saturated heterocycles. The number of nitrogens with one attached hydrogen (secondary N) is 1. The highest BCUT2D eigenvalue weighted by Crippen LogP contribution is 2.33. The monoisotopic (exact) mass is 412 g/mol. The van der Waals surface area contributed by atoms with Gasteiger partial charge in [0.1, 0.15) is 5.38 Å². The van der Waals surface area contributed by atoms with Gasteiger partial charge in [0.15, 0.2) is 11.5 Å². The largest absolute Gasteiger partial charge is 0.493 e. The molecular formula is C18H21ClN2O5S. The van der Waals surface area contributed by atoms with Gasteiger partial charge >= 0.3 is 0 Å². The molecule has 0 aromatic heterocycles. The van der Waals surface area contributed by atoms with E-state index in [2.05, 4.69) is 4.72 Å². The number of sulfonamides is 1. The molecule has 2 aromatic rings. The van der Waals surface area contributed by atoms with Gasteiger partial charge in [-0.2, -0.15) is 0 Å². The van der Waals surface area contributed by atoms with Crippen molar-refractivity contribution in [2.24, 2.45) is 5.73 Å². The third kappa shape index (κ3) is 5.35. The average Bonchev–Trinajstić information content (AvgIpc) is 2.66. The lowest BCUT2D eigenvalue weighted by atomic mass is 10.1. The number of carbonyl (C=O) groups excluding carboxylic acids is 1. The van der Waals surface area contributed by atoms with Crippen molar-refractivity contribution in [1.29, 1.82) is 0 Å². The zero-order valence-corrected chi connectivity index (χ0v) is 16.5. The highest BCUT2D eigenvalue weighted by molar-refractivity contribution is 7.89. The molecule has 0 heterocycles. The van der Waals surface area contributed by atoms with Gasteiger partial charge < -0.3 is 15.2 Å². The predicted octanol–water partition coefficient (Wildman–Crippen LogP) is 1.82. The Bertz CT molecular complexity index is 903. The maximum atomic E-state index is 12.9. The highest BCUT2D eigenvalue weighted by atomic mass is 35.5. The van der Waals surface area contributed by atoms with E-state index in [0.717, 1.165) is 5.56 Å². The summed E-state index contributed by atoms with van der Waals surface area (Å²) < 4.78 is 38.7. The molecule has 0 aliphatic rings. The fraction of sp³-hybridized carbons (Fsp3) is 0.278. The first-order valence-corrected chi connectivity index (χ1v) is 9.92. The summed E-state index contributed by atoms with van der Waals surface area (Å²) in [4.78, 5) is 11.3. The van der Waals surface area contributed by atoms with Crippen molar-refractivity contribution in [2.75, 3.05) is 14.2 Å². The summed E-state index contributed by atoms with van der Waals surface area (Å²) in [6.45, 7) is 0.108. The second-order valence-corrected chi connectivity index (χ2v) is 7.96. The van der Waals surface area contributed by atoms with Crippen LogP contribution in [0.25, 0.3) is 0 Å². The molecule has 1 unspecified atom stereocenters. The number of amides is 1. The molecule has 0 aliphatic heterocycles. The Morgan fingerprint density at radius 2 is 1.74 bits per heavy atom. The van der Waals surface area contributed by atoms with E-state index in [9.17, 15) is 13.2 Å². The molecule has 9 heteroatoms. The van der Waals surface area contributed by atoms with E-state index in [4.69, 9.17) is 26.8 Å². The van der Waals surface area contributed by atoms with Crippen LogP contribution in [-0.4, -0.2) is 33.9 Å². The molecule has 0 spiro atoms. The van der Waals surface area contributed by atoms with Gasteiger partial charge in [-0.1, -0.05) is 30.3 Å². The van der Waals surface area contributed by atoms with Crippen molar-refractivity contribution in [3.8, 4) is 11.5 Å². The van der Waals surface area contributed by atoms with Gasteiger partial charge in [0.2, 0.25) is 15.9 Å². The van der Waals surface area contributed by atoms with Gasteiger partial charge in [0, 0.05) is 12.6 Å². The number of benzene rings is 2. The van der Waals surface area contributed by atoms with E-state index in [1.54, 1.807) is 12.1 Å². The lowest BCUT2D eigenvalue weighted by molar-refractivity contribution is -0.117. The van der Waals surface area contributed by atoms with E-state index in [1.165, 1.54) is 26.4 Å². The van der Waals surface area contributed by atoms with Crippen molar-refractivity contribution in [2.45, 2.75) is 23.2 Å². The van der Waals surface area contributed by atoms with Crippen LogP contribution >= 0.6 is 11.6 Å². The molecule has 0 radical (unpaired) electrons. The first-order chi connectivity index (χ1) is 12.8. The molecule has 0 bridgehead atoms. The fourth-order valence-corrected chi connectivity index (χ4v) is 3.89. The molecular weight excluding hydrogens is 392 g/mol. The molecule has 7 nitrogen and oxygen atoms in total. The second kappa shape index (κ2) is 9.07. The third-order valence-electron chi connectivity index (χ3n) is 3.87. The number of primary amides is 1. The number of hydrogen-bond donors (Lipinski definition) is 2. The van der Waals surface area contributed by atoms with Gasteiger partial charge in [-0.25, -0.2) is 13.1 Å². The quantitative estimate of drug-likeness (QED) is 0.611. The molecule has 0 fully saturated rings. The van der Waals surface area contributed by atoms with Crippen LogP contribution in [0.4, 0.5) is 0 Å². The molecule has 27 heavy (non-hydrogen) atoms. The maximum Gasteiger partial charge on any atom is 0.241 e. The van der Waals surface area contributed by atoms with Gasteiger partial charge in [-0.15, -0.1) is 11.6 Å². The number of methoxy groups -OCH3 is 2. The van der Waals surface area contributed by atoms with Crippen LogP contribution in [-0.2, 0) is 27.8 Å². The zero-order chi connectivity index (χ0) is 20.0. The minimum atomic E-state index is -3.91. The van der Waals surface area contributed by atoms with Crippen LogP contribution in [0.15, 0.2) is 47.4 Å². The van der Waals surface area contributed by atoms with Gasteiger partial charge in [-0.05, 0) is 23.6 Å². The normalized spacial score (nSPS) is 12.4. The number of halogens is 1. The Morgan fingerprint density at radius 3 is 2.30 bits per heavy atom. The number of carbonyl (C=O) groups is 1. The van der Waals surface area contributed by atoms with Crippen LogP contribution in [0.1, 0.15) is 11.1 Å². The van der Waals surface area contributed by atoms with Crippen molar-refractivity contribution in [3.05, 3.63) is 53.6 Å². The molecule has 1 atom stereocenters. The SMILES string of the molecule is COc1cc(CC(Cl)C(N)=O)c(S(=O)(=O)NCc2ccccc2)cc1OC. The van der Waals surface area contributed by atoms with Crippen LogP contribution in [0.2, 0.25) is 0 Å². The summed E-state index contributed by atoms with van der Waals surface area (Å²) >= 11 is 5.95. The van der Waals surface area contributed by atoms with Crippen molar-refractivity contribution >= 4 is 27.5 Å². The standard InChI is InChI=1S/C18H21ClN2O5S/c1-25-15-9-13(8-14(19)18(20)22)17(10-16(15)26-2)27(23,24)21-11-12-6-4-3-5-7-12/h3-7,9-10,14,21H,8,11H2,1-2H3,(H2,20,22). The Kier molecular flexibility index (Phi) is 7.06. The summed E-state index contributed by atoms with van der Waals surface area (Å²) in [7, 11) is -1.09. The van der Waals surface area contributed by atoms with Gasteiger partial charge in [0.05, 0.1) is 19.1 Å².